The van der Waals surface area contributed by atoms with Gasteiger partial charge in [-0.25, -0.2) is 4.98 Å². The Labute approximate surface area is 132 Å². The highest BCUT2D eigenvalue weighted by molar-refractivity contribution is 9.10. The van der Waals surface area contributed by atoms with Crippen molar-refractivity contribution in [1.82, 2.24) is 4.98 Å². The van der Waals surface area contributed by atoms with Crippen LogP contribution in [-0.2, 0) is 6.18 Å². The zero-order chi connectivity index (χ0) is 15.8. The van der Waals surface area contributed by atoms with E-state index in [0.717, 1.165) is 12.1 Å². The van der Waals surface area contributed by atoms with E-state index in [1.165, 1.54) is 6.07 Å². The predicted molar refractivity (Wildman–Crippen MR) is 77.6 cm³/mol. The van der Waals surface area contributed by atoms with Gasteiger partial charge in [-0.05, 0) is 41.1 Å². The van der Waals surface area contributed by atoms with E-state index in [2.05, 4.69) is 20.9 Å². The monoisotopic (exact) mass is 380 g/mol. The second kappa shape index (κ2) is 5.73. The first kappa shape index (κ1) is 15.9. The van der Waals surface area contributed by atoms with E-state index in [1.807, 2.05) is 0 Å². The molecule has 0 spiro atoms. The van der Waals surface area contributed by atoms with Crippen molar-refractivity contribution in [3.8, 4) is 11.5 Å². The molecule has 0 saturated heterocycles. The molecule has 0 fully saturated rings. The normalized spacial score (nSPS) is 11.5. The SMILES string of the molecule is Cc1nc(N)c(Br)cc1Oc1ccc(Cl)c(C(F)(F)F)c1. The number of pyridine rings is 1. The van der Waals surface area contributed by atoms with E-state index in [0.29, 0.717) is 15.9 Å². The molecule has 1 heterocycles. The van der Waals surface area contributed by atoms with Gasteiger partial charge in [0, 0.05) is 6.07 Å². The van der Waals surface area contributed by atoms with Gasteiger partial charge in [-0.2, -0.15) is 13.2 Å². The summed E-state index contributed by atoms with van der Waals surface area (Å²) in [4.78, 5) is 4.02. The van der Waals surface area contributed by atoms with Crippen LogP contribution in [-0.4, -0.2) is 4.98 Å². The number of aromatic nitrogens is 1. The fourth-order valence-electron chi connectivity index (χ4n) is 1.60. The van der Waals surface area contributed by atoms with Crippen molar-refractivity contribution in [2.45, 2.75) is 13.1 Å². The quantitative estimate of drug-likeness (QED) is 0.778. The van der Waals surface area contributed by atoms with Crippen molar-refractivity contribution < 1.29 is 17.9 Å². The number of rotatable bonds is 2. The molecule has 0 saturated carbocycles. The summed E-state index contributed by atoms with van der Waals surface area (Å²) in [6.45, 7) is 1.64. The van der Waals surface area contributed by atoms with E-state index in [1.54, 1.807) is 13.0 Å². The molecule has 0 atom stereocenters. The van der Waals surface area contributed by atoms with Crippen LogP contribution in [0.5, 0.6) is 11.5 Å². The third-order valence-corrected chi connectivity index (χ3v) is 3.58. The molecule has 2 aromatic rings. The average molecular weight is 382 g/mol. The molecule has 0 aliphatic heterocycles. The largest absolute Gasteiger partial charge is 0.455 e. The molecule has 0 aliphatic rings. The molecule has 1 aromatic heterocycles. The summed E-state index contributed by atoms with van der Waals surface area (Å²) in [6, 6.07) is 4.86. The number of aryl methyl sites for hydroxylation is 1. The minimum absolute atomic E-state index is 0.00768. The minimum Gasteiger partial charge on any atom is -0.455 e. The number of anilines is 1. The van der Waals surface area contributed by atoms with Gasteiger partial charge >= 0.3 is 6.18 Å². The first-order valence-electron chi connectivity index (χ1n) is 5.65. The van der Waals surface area contributed by atoms with Crippen LogP contribution < -0.4 is 10.5 Å². The lowest BCUT2D eigenvalue weighted by molar-refractivity contribution is -0.137. The Morgan fingerprint density at radius 2 is 1.95 bits per heavy atom. The molecule has 1 aromatic carbocycles. The number of hydrogen-bond donors (Lipinski definition) is 1. The smallest absolute Gasteiger partial charge is 0.417 e. The molecule has 3 nitrogen and oxygen atoms in total. The summed E-state index contributed by atoms with van der Waals surface area (Å²) in [7, 11) is 0. The molecule has 21 heavy (non-hydrogen) atoms. The Morgan fingerprint density at radius 3 is 2.57 bits per heavy atom. The first-order chi connectivity index (χ1) is 9.68. The highest BCUT2D eigenvalue weighted by Crippen LogP contribution is 2.38. The van der Waals surface area contributed by atoms with Crippen LogP contribution in [0.15, 0.2) is 28.7 Å². The number of benzene rings is 1. The maximum absolute atomic E-state index is 12.8. The Kier molecular flexibility index (Phi) is 4.34. The molecule has 112 valence electrons. The first-order valence-corrected chi connectivity index (χ1v) is 6.83. The molecule has 2 N–H and O–H groups in total. The van der Waals surface area contributed by atoms with Crippen LogP contribution in [0.25, 0.3) is 0 Å². The Bertz CT molecular complexity index is 692. The van der Waals surface area contributed by atoms with Gasteiger partial charge in [0.05, 0.1) is 20.8 Å². The third kappa shape index (κ3) is 3.59. The van der Waals surface area contributed by atoms with Gasteiger partial charge < -0.3 is 10.5 Å². The summed E-state index contributed by atoms with van der Waals surface area (Å²) < 4.78 is 44.3. The molecule has 8 heteroatoms. The molecule has 0 bridgehead atoms. The standard InChI is InChI=1S/C13H9BrClF3N2O/c1-6-11(5-9(14)12(19)20-6)21-7-2-3-10(15)8(4-7)13(16,17)18/h2-5H,1H3,(H2,19,20). The predicted octanol–water partition coefficient (Wildman–Crippen LogP) is 5.20. The van der Waals surface area contributed by atoms with Crippen molar-refractivity contribution in [2.24, 2.45) is 0 Å². The van der Waals surface area contributed by atoms with Crippen molar-refractivity contribution in [3.05, 3.63) is 45.0 Å². The van der Waals surface area contributed by atoms with Crippen LogP contribution in [0, 0.1) is 6.92 Å². The second-order valence-electron chi connectivity index (χ2n) is 4.18. The maximum Gasteiger partial charge on any atom is 0.417 e. The van der Waals surface area contributed by atoms with Crippen molar-refractivity contribution in [3.63, 3.8) is 0 Å². The van der Waals surface area contributed by atoms with Crippen LogP contribution in [0.1, 0.15) is 11.3 Å². The summed E-state index contributed by atoms with van der Waals surface area (Å²) in [6.07, 6.45) is -4.55. The van der Waals surface area contributed by atoms with E-state index in [-0.39, 0.29) is 16.6 Å². The molecule has 0 amide bonds. The highest BCUT2D eigenvalue weighted by Gasteiger charge is 2.33. The number of nitrogens with two attached hydrogens (primary N) is 1. The lowest BCUT2D eigenvalue weighted by atomic mass is 10.2. The number of nitrogen functional groups attached to an aromatic ring is 1. The zero-order valence-corrected chi connectivity index (χ0v) is 13.0. The summed E-state index contributed by atoms with van der Waals surface area (Å²) in [5.74, 6) is 0.576. The lowest BCUT2D eigenvalue weighted by Gasteiger charge is -2.13. The van der Waals surface area contributed by atoms with E-state index in [4.69, 9.17) is 22.1 Å². The van der Waals surface area contributed by atoms with Crippen LogP contribution in [0.4, 0.5) is 19.0 Å². The number of nitrogens with zero attached hydrogens (tertiary/aromatic N) is 1. The Balaban J connectivity index is 2.39. The topological polar surface area (TPSA) is 48.1 Å². The van der Waals surface area contributed by atoms with Crippen LogP contribution in [0.2, 0.25) is 5.02 Å². The molecule has 0 unspecified atom stereocenters. The molecular formula is C13H9BrClF3N2O. The number of halogens is 5. The maximum atomic E-state index is 12.8. The third-order valence-electron chi connectivity index (χ3n) is 2.62. The van der Waals surface area contributed by atoms with Gasteiger partial charge in [0.1, 0.15) is 17.3 Å². The van der Waals surface area contributed by atoms with Gasteiger partial charge in [-0.3, -0.25) is 0 Å². The Hall–Kier alpha value is -1.47. The fraction of sp³-hybridized carbons (Fsp3) is 0.154. The van der Waals surface area contributed by atoms with Crippen LogP contribution >= 0.6 is 27.5 Å². The molecule has 2 rings (SSSR count). The minimum atomic E-state index is -4.55. The summed E-state index contributed by atoms with van der Waals surface area (Å²) in [5.41, 5.74) is 5.11. The van der Waals surface area contributed by atoms with Gasteiger partial charge in [0.25, 0.3) is 0 Å². The van der Waals surface area contributed by atoms with Crippen molar-refractivity contribution in [1.29, 1.82) is 0 Å². The average Bonchev–Trinajstić information content (AvgIpc) is 2.37. The van der Waals surface area contributed by atoms with Crippen molar-refractivity contribution in [2.75, 3.05) is 5.73 Å². The van der Waals surface area contributed by atoms with Crippen LogP contribution in [0.3, 0.4) is 0 Å². The molecule has 0 radical (unpaired) electrons. The number of hydrogen-bond acceptors (Lipinski definition) is 3. The zero-order valence-electron chi connectivity index (χ0n) is 10.6. The van der Waals surface area contributed by atoms with Gasteiger partial charge in [0.2, 0.25) is 0 Å². The fourth-order valence-corrected chi connectivity index (χ4v) is 2.12. The van der Waals surface area contributed by atoms with Crippen molar-refractivity contribution >= 4 is 33.3 Å². The summed E-state index contributed by atoms with van der Waals surface area (Å²) >= 11 is 8.73. The molecule has 0 aliphatic carbocycles. The van der Waals surface area contributed by atoms with Gasteiger partial charge in [-0.1, -0.05) is 11.6 Å². The summed E-state index contributed by atoms with van der Waals surface area (Å²) in [5, 5.41) is -0.386. The lowest BCUT2D eigenvalue weighted by Crippen LogP contribution is -2.06. The van der Waals surface area contributed by atoms with E-state index >= 15 is 0 Å². The van der Waals surface area contributed by atoms with E-state index in [9.17, 15) is 13.2 Å². The number of ether oxygens (including phenoxy) is 1. The van der Waals surface area contributed by atoms with Gasteiger partial charge in [0.15, 0.2) is 0 Å². The second-order valence-corrected chi connectivity index (χ2v) is 5.44. The highest BCUT2D eigenvalue weighted by atomic mass is 79.9. The van der Waals surface area contributed by atoms with E-state index < -0.39 is 11.7 Å². The number of alkyl halides is 3. The Morgan fingerprint density at radius 1 is 1.29 bits per heavy atom. The van der Waals surface area contributed by atoms with Gasteiger partial charge in [-0.15, -0.1) is 0 Å². The molecular weight excluding hydrogens is 373 g/mol.